The topological polar surface area (TPSA) is 135 Å². The molecule has 0 amide bonds. The van der Waals surface area contributed by atoms with Gasteiger partial charge in [0.2, 0.25) is 5.76 Å². The Morgan fingerprint density at radius 2 is 1.68 bits per heavy atom. The Morgan fingerprint density at radius 3 is 2.25 bits per heavy atom. The maximum Gasteiger partial charge on any atom is 0.373 e. The van der Waals surface area contributed by atoms with Crippen molar-refractivity contribution in [2.24, 2.45) is 35.5 Å². The predicted octanol–water partition coefficient (Wildman–Crippen LogP) is 4.69. The van der Waals surface area contributed by atoms with Crippen LogP contribution < -0.4 is 0 Å². The Labute approximate surface area is 264 Å². The van der Waals surface area contributed by atoms with Crippen LogP contribution in [0.15, 0.2) is 47.3 Å². The van der Waals surface area contributed by atoms with E-state index in [-0.39, 0.29) is 35.9 Å². The lowest BCUT2D eigenvalue weighted by molar-refractivity contribution is -0.328. The van der Waals surface area contributed by atoms with Gasteiger partial charge in [-0.05, 0) is 38.2 Å². The SMILES string of the molecule is CO/C1=C/C(C)=C\[C@@H](C)[C@@H](O)[C@@H](C)C/C(C)=C/C=C/[C@H](OC)[C@H]([C@@H](C)[C@@H](O)[C@H](C)[C@@]2(O)C[C@@H](O)[C@H](C)[C@@H](C(C)C)O2)OC1=O. The normalized spacial score (nSPS) is 41.2. The van der Waals surface area contributed by atoms with Crippen LogP contribution in [0.4, 0.5) is 0 Å². The van der Waals surface area contributed by atoms with Gasteiger partial charge in [0.1, 0.15) is 12.2 Å². The monoisotopic (exact) mass is 622 g/mol. The number of aliphatic hydroxyl groups excluding tert-OH is 3. The van der Waals surface area contributed by atoms with Crippen molar-refractivity contribution in [2.45, 2.75) is 118 Å². The van der Waals surface area contributed by atoms with E-state index in [0.29, 0.717) is 6.42 Å². The van der Waals surface area contributed by atoms with Crippen molar-refractivity contribution in [1.29, 1.82) is 0 Å². The summed E-state index contributed by atoms with van der Waals surface area (Å²) >= 11 is 0. The third-order valence-electron chi connectivity index (χ3n) is 9.50. The smallest absolute Gasteiger partial charge is 0.373 e. The molecule has 0 aliphatic carbocycles. The number of esters is 1. The van der Waals surface area contributed by atoms with Crippen molar-refractivity contribution >= 4 is 5.97 Å². The van der Waals surface area contributed by atoms with Crippen molar-refractivity contribution in [2.75, 3.05) is 14.2 Å². The largest absolute Gasteiger partial charge is 0.490 e. The lowest BCUT2D eigenvalue weighted by Gasteiger charge is -2.49. The van der Waals surface area contributed by atoms with Gasteiger partial charge in [-0.15, -0.1) is 0 Å². The third-order valence-corrected chi connectivity index (χ3v) is 9.50. The Balaban J connectivity index is 2.52. The summed E-state index contributed by atoms with van der Waals surface area (Å²) in [4.78, 5) is 13.5. The minimum Gasteiger partial charge on any atom is -0.490 e. The fourth-order valence-corrected chi connectivity index (χ4v) is 6.54. The quantitative estimate of drug-likeness (QED) is 0.298. The van der Waals surface area contributed by atoms with Crippen LogP contribution in [0.2, 0.25) is 0 Å². The van der Waals surface area contributed by atoms with Crippen LogP contribution in [0.5, 0.6) is 0 Å². The lowest BCUT2D eigenvalue weighted by Crippen LogP contribution is -2.59. The molecule has 0 saturated carbocycles. The van der Waals surface area contributed by atoms with E-state index in [9.17, 15) is 25.2 Å². The Morgan fingerprint density at radius 1 is 1.05 bits per heavy atom. The average molecular weight is 623 g/mol. The zero-order valence-electron chi connectivity index (χ0n) is 28.6. The highest BCUT2D eigenvalue weighted by molar-refractivity contribution is 5.87. The van der Waals surface area contributed by atoms with Gasteiger partial charge in [0, 0.05) is 37.2 Å². The summed E-state index contributed by atoms with van der Waals surface area (Å²) in [6.45, 7) is 17.0. The van der Waals surface area contributed by atoms with Crippen LogP contribution in [0.1, 0.15) is 75.2 Å². The molecule has 9 heteroatoms. The van der Waals surface area contributed by atoms with Crippen LogP contribution >= 0.6 is 0 Å². The molecule has 2 rings (SSSR count). The van der Waals surface area contributed by atoms with Gasteiger partial charge in [0.05, 0.1) is 31.5 Å². The number of methoxy groups -OCH3 is 2. The molecule has 2 aliphatic heterocycles. The van der Waals surface area contributed by atoms with Crippen LogP contribution in [-0.4, -0.2) is 83.0 Å². The summed E-state index contributed by atoms with van der Waals surface area (Å²) in [5, 5.41) is 45.0. The van der Waals surface area contributed by atoms with Crippen molar-refractivity contribution in [1.82, 2.24) is 0 Å². The first-order chi connectivity index (χ1) is 20.5. The van der Waals surface area contributed by atoms with E-state index in [1.54, 1.807) is 26.0 Å². The molecule has 252 valence electrons. The molecule has 44 heavy (non-hydrogen) atoms. The number of ether oxygens (including phenoxy) is 4. The van der Waals surface area contributed by atoms with E-state index >= 15 is 0 Å². The van der Waals surface area contributed by atoms with E-state index in [1.165, 1.54) is 14.2 Å². The molecule has 0 bridgehead atoms. The van der Waals surface area contributed by atoms with Crippen LogP contribution in [0.25, 0.3) is 0 Å². The fourth-order valence-electron chi connectivity index (χ4n) is 6.54. The molecule has 12 atom stereocenters. The summed E-state index contributed by atoms with van der Waals surface area (Å²) < 4.78 is 23.4. The number of rotatable bonds is 7. The van der Waals surface area contributed by atoms with Gasteiger partial charge in [-0.3, -0.25) is 0 Å². The number of hydrogen-bond acceptors (Lipinski definition) is 9. The molecule has 0 aromatic carbocycles. The number of allylic oxidation sites excluding steroid dienone is 5. The second kappa shape index (κ2) is 16.5. The third kappa shape index (κ3) is 9.50. The maximum atomic E-state index is 13.5. The van der Waals surface area contributed by atoms with Crippen LogP contribution in [0.3, 0.4) is 0 Å². The maximum absolute atomic E-state index is 13.5. The zero-order valence-corrected chi connectivity index (χ0v) is 28.6. The minimum atomic E-state index is -1.80. The summed E-state index contributed by atoms with van der Waals surface area (Å²) in [5.41, 5.74) is 1.78. The summed E-state index contributed by atoms with van der Waals surface area (Å²) in [7, 11) is 2.87. The molecular formula is C35H58O9. The number of carbonyl (C=O) groups is 1. The molecular weight excluding hydrogens is 564 g/mol. The Hall–Kier alpha value is -2.01. The lowest BCUT2D eigenvalue weighted by atomic mass is 9.76. The van der Waals surface area contributed by atoms with Gasteiger partial charge in [-0.25, -0.2) is 4.79 Å². The van der Waals surface area contributed by atoms with E-state index in [2.05, 4.69) is 0 Å². The average Bonchev–Trinajstić information content (AvgIpc) is 2.96. The number of carbonyl (C=O) groups excluding carboxylic acids is 1. The first-order valence-corrected chi connectivity index (χ1v) is 15.9. The summed E-state index contributed by atoms with van der Waals surface area (Å²) in [5.74, 6) is -4.49. The van der Waals surface area contributed by atoms with Crippen molar-refractivity contribution in [3.05, 3.63) is 47.3 Å². The Bertz CT molecular complexity index is 1060. The van der Waals surface area contributed by atoms with Crippen molar-refractivity contribution in [3.8, 4) is 0 Å². The number of hydrogen-bond donors (Lipinski definition) is 4. The first kappa shape index (κ1) is 38.2. The van der Waals surface area contributed by atoms with E-state index < -0.39 is 60.2 Å². The van der Waals surface area contributed by atoms with Gasteiger partial charge in [0.25, 0.3) is 0 Å². The number of cyclic esters (lactones) is 1. The molecule has 0 aromatic heterocycles. The van der Waals surface area contributed by atoms with E-state index in [0.717, 1.165) is 11.1 Å². The van der Waals surface area contributed by atoms with E-state index in [4.69, 9.17) is 18.9 Å². The summed E-state index contributed by atoms with van der Waals surface area (Å²) in [6.07, 6.45) is 4.85. The molecule has 4 N–H and O–H groups in total. The second-order valence-corrected chi connectivity index (χ2v) is 13.6. The molecule has 2 aliphatic rings. The van der Waals surface area contributed by atoms with Gasteiger partial charge in [0.15, 0.2) is 5.79 Å². The first-order valence-electron chi connectivity index (χ1n) is 15.9. The molecule has 0 unspecified atom stereocenters. The van der Waals surface area contributed by atoms with E-state index in [1.807, 2.05) is 66.7 Å². The molecule has 2 heterocycles. The zero-order chi connectivity index (χ0) is 33.5. The fraction of sp³-hybridized carbons (Fsp3) is 0.743. The van der Waals surface area contributed by atoms with Gasteiger partial charge < -0.3 is 39.4 Å². The molecule has 0 spiro atoms. The highest BCUT2D eigenvalue weighted by Gasteiger charge is 2.51. The molecule has 1 fully saturated rings. The van der Waals surface area contributed by atoms with Crippen LogP contribution in [0, 0.1) is 35.5 Å². The highest BCUT2D eigenvalue weighted by atomic mass is 16.6. The molecule has 1 saturated heterocycles. The second-order valence-electron chi connectivity index (χ2n) is 13.6. The van der Waals surface area contributed by atoms with Crippen molar-refractivity contribution in [3.63, 3.8) is 0 Å². The van der Waals surface area contributed by atoms with Crippen molar-refractivity contribution < 1.29 is 44.2 Å². The Kier molecular flexibility index (Phi) is 14.3. The molecule has 0 radical (unpaired) electrons. The molecule has 9 nitrogen and oxygen atoms in total. The minimum absolute atomic E-state index is 0.00492. The number of aliphatic hydroxyl groups is 4. The standard InChI is InChI=1S/C35H58O9/c1-19(2)32-24(7)27(36)18-35(40,44-32)26(9)31(38)25(8)33-28(41-10)14-12-13-20(3)15-22(5)30(37)23(6)16-21(4)17-29(42-11)34(39)43-33/h12-14,16-17,19,22-28,30-33,36-38,40H,15,18H2,1-11H3/b14-12+,20-13+,21-16-,29-17+/t22-,23+,24-,25-,26-,27+,28-,30-,31+,32+,33-,35+/m0/s1. The summed E-state index contributed by atoms with van der Waals surface area (Å²) in [6, 6.07) is 0. The van der Waals surface area contributed by atoms with Crippen LogP contribution in [-0.2, 0) is 23.7 Å². The van der Waals surface area contributed by atoms with Gasteiger partial charge >= 0.3 is 5.97 Å². The van der Waals surface area contributed by atoms with Gasteiger partial charge in [-0.1, -0.05) is 83.9 Å². The highest BCUT2D eigenvalue weighted by Crippen LogP contribution is 2.41. The van der Waals surface area contributed by atoms with Gasteiger partial charge in [-0.2, -0.15) is 0 Å². The predicted molar refractivity (Wildman–Crippen MR) is 170 cm³/mol. The molecule has 0 aromatic rings.